The molecule has 0 saturated carbocycles. The van der Waals surface area contributed by atoms with Crippen LogP contribution in [0.4, 0.5) is 0 Å². The fourth-order valence-electron chi connectivity index (χ4n) is 1.65. The lowest BCUT2D eigenvalue weighted by atomic mass is 10.1. The molecule has 0 amide bonds. The Morgan fingerprint density at radius 2 is 2.00 bits per heavy atom. The topological polar surface area (TPSA) is 25.8 Å². The Bertz CT molecular complexity index is 529. The van der Waals surface area contributed by atoms with E-state index in [2.05, 4.69) is 44.6 Å². The summed E-state index contributed by atoms with van der Waals surface area (Å²) in [6, 6.07) is 10.1. The van der Waals surface area contributed by atoms with Crippen molar-refractivity contribution >= 4 is 28.6 Å². The lowest BCUT2D eigenvalue weighted by Gasteiger charge is -2.07. The number of halogens is 1. The van der Waals surface area contributed by atoms with Gasteiger partial charge in [-0.3, -0.25) is 0 Å². The molecule has 0 radical (unpaired) electrons. The largest absolute Gasteiger partial charge is 0.238 e. The van der Waals surface area contributed by atoms with Crippen LogP contribution < -0.4 is 0 Å². The van der Waals surface area contributed by atoms with Gasteiger partial charge in [0, 0.05) is 22.2 Å². The van der Waals surface area contributed by atoms with Crippen LogP contribution in [0, 0.1) is 6.92 Å². The lowest BCUT2D eigenvalue weighted by molar-refractivity contribution is 0.929. The van der Waals surface area contributed by atoms with Gasteiger partial charge in [0.25, 0.3) is 0 Å². The number of aromatic nitrogens is 2. The maximum Gasteiger partial charge on any atom is 0.130 e. The SMILES string of the molecule is Cc1cc(-c2ccccc2Br)nc(CCS)n1. The Morgan fingerprint density at radius 3 is 2.71 bits per heavy atom. The lowest BCUT2D eigenvalue weighted by Crippen LogP contribution is -2.00. The molecule has 1 aromatic carbocycles. The third-order valence-electron chi connectivity index (χ3n) is 2.39. The average Bonchev–Trinajstić information content (AvgIpc) is 2.29. The average molecular weight is 309 g/mol. The summed E-state index contributed by atoms with van der Waals surface area (Å²) in [5.41, 5.74) is 3.04. The Kier molecular flexibility index (Phi) is 4.18. The second-order valence-electron chi connectivity index (χ2n) is 3.76. The first-order valence-electron chi connectivity index (χ1n) is 5.41. The minimum absolute atomic E-state index is 0.763. The van der Waals surface area contributed by atoms with Crippen LogP contribution in [0.1, 0.15) is 11.5 Å². The van der Waals surface area contributed by atoms with Gasteiger partial charge in [-0.25, -0.2) is 9.97 Å². The van der Waals surface area contributed by atoms with E-state index in [1.54, 1.807) is 0 Å². The maximum absolute atomic E-state index is 4.56. The molecular formula is C13H13BrN2S. The van der Waals surface area contributed by atoms with Crippen molar-refractivity contribution in [1.82, 2.24) is 9.97 Å². The molecule has 0 aliphatic carbocycles. The summed E-state index contributed by atoms with van der Waals surface area (Å²) < 4.78 is 1.05. The summed E-state index contributed by atoms with van der Waals surface area (Å²) in [5, 5.41) is 0. The second kappa shape index (κ2) is 5.65. The predicted molar refractivity (Wildman–Crippen MR) is 77.5 cm³/mol. The van der Waals surface area contributed by atoms with Gasteiger partial charge in [0.05, 0.1) is 5.69 Å². The fraction of sp³-hybridized carbons (Fsp3) is 0.231. The van der Waals surface area contributed by atoms with Crippen LogP contribution in [0.15, 0.2) is 34.8 Å². The number of hydrogen-bond donors (Lipinski definition) is 1. The minimum Gasteiger partial charge on any atom is -0.238 e. The van der Waals surface area contributed by atoms with Crippen molar-refractivity contribution in [3.05, 3.63) is 46.3 Å². The highest BCUT2D eigenvalue weighted by molar-refractivity contribution is 9.10. The molecule has 0 aliphatic heterocycles. The highest BCUT2D eigenvalue weighted by atomic mass is 79.9. The smallest absolute Gasteiger partial charge is 0.130 e. The molecule has 0 fully saturated rings. The number of nitrogens with zero attached hydrogens (tertiary/aromatic N) is 2. The molecule has 0 unspecified atom stereocenters. The normalized spacial score (nSPS) is 10.5. The molecular weight excluding hydrogens is 296 g/mol. The molecule has 88 valence electrons. The molecule has 2 rings (SSSR count). The van der Waals surface area contributed by atoms with E-state index in [0.717, 1.165) is 39.4 Å². The molecule has 0 aliphatic rings. The summed E-state index contributed by atoms with van der Waals surface area (Å²) in [6.45, 7) is 1.99. The molecule has 4 heteroatoms. The van der Waals surface area contributed by atoms with Gasteiger partial charge >= 0.3 is 0 Å². The fourth-order valence-corrected chi connectivity index (χ4v) is 2.34. The van der Waals surface area contributed by atoms with Gasteiger partial charge in [-0.05, 0) is 24.8 Å². The zero-order valence-electron chi connectivity index (χ0n) is 9.52. The first kappa shape index (κ1) is 12.6. The molecule has 2 aromatic rings. The zero-order chi connectivity index (χ0) is 12.3. The van der Waals surface area contributed by atoms with Crippen molar-refractivity contribution in [2.75, 3.05) is 5.75 Å². The molecule has 0 spiro atoms. The Hall–Kier alpha value is -0.870. The minimum atomic E-state index is 0.763. The first-order chi connectivity index (χ1) is 8.20. The number of aryl methyl sites for hydroxylation is 2. The van der Waals surface area contributed by atoms with Gasteiger partial charge in [0.15, 0.2) is 0 Å². The van der Waals surface area contributed by atoms with Crippen molar-refractivity contribution in [2.24, 2.45) is 0 Å². The summed E-state index contributed by atoms with van der Waals surface area (Å²) in [5.74, 6) is 1.62. The van der Waals surface area contributed by atoms with E-state index in [9.17, 15) is 0 Å². The molecule has 1 aromatic heterocycles. The summed E-state index contributed by atoms with van der Waals surface area (Å²) in [7, 11) is 0. The molecule has 17 heavy (non-hydrogen) atoms. The first-order valence-corrected chi connectivity index (χ1v) is 6.83. The van der Waals surface area contributed by atoms with Crippen molar-refractivity contribution < 1.29 is 0 Å². The molecule has 1 heterocycles. The molecule has 0 saturated heterocycles. The van der Waals surface area contributed by atoms with Crippen molar-refractivity contribution in [1.29, 1.82) is 0 Å². The van der Waals surface area contributed by atoms with Crippen LogP contribution in [-0.4, -0.2) is 15.7 Å². The number of thiol groups is 1. The van der Waals surface area contributed by atoms with Gasteiger partial charge in [-0.2, -0.15) is 12.6 Å². The van der Waals surface area contributed by atoms with E-state index in [1.165, 1.54) is 0 Å². The Morgan fingerprint density at radius 1 is 1.24 bits per heavy atom. The third kappa shape index (κ3) is 3.07. The van der Waals surface area contributed by atoms with Crippen LogP contribution in [0.25, 0.3) is 11.3 Å². The van der Waals surface area contributed by atoms with Gasteiger partial charge in [-0.1, -0.05) is 34.1 Å². The summed E-state index contributed by atoms with van der Waals surface area (Å²) >= 11 is 7.76. The van der Waals surface area contributed by atoms with Crippen molar-refractivity contribution in [3.8, 4) is 11.3 Å². The molecule has 0 atom stereocenters. The number of hydrogen-bond acceptors (Lipinski definition) is 3. The predicted octanol–water partition coefficient (Wildman–Crippen LogP) is 3.69. The van der Waals surface area contributed by atoms with E-state index in [0.29, 0.717) is 0 Å². The third-order valence-corrected chi connectivity index (χ3v) is 3.30. The van der Waals surface area contributed by atoms with Gasteiger partial charge < -0.3 is 0 Å². The van der Waals surface area contributed by atoms with Crippen LogP contribution >= 0.6 is 28.6 Å². The van der Waals surface area contributed by atoms with Crippen LogP contribution in [-0.2, 0) is 6.42 Å². The second-order valence-corrected chi connectivity index (χ2v) is 5.07. The van der Waals surface area contributed by atoms with E-state index in [-0.39, 0.29) is 0 Å². The molecule has 0 N–H and O–H groups in total. The van der Waals surface area contributed by atoms with Crippen LogP contribution in [0.2, 0.25) is 0 Å². The van der Waals surface area contributed by atoms with Crippen molar-refractivity contribution in [2.45, 2.75) is 13.3 Å². The van der Waals surface area contributed by atoms with E-state index in [4.69, 9.17) is 0 Å². The van der Waals surface area contributed by atoms with Crippen LogP contribution in [0.3, 0.4) is 0 Å². The standard InChI is InChI=1S/C13H13BrN2S/c1-9-8-12(16-13(15-9)6-7-17)10-4-2-3-5-11(10)14/h2-5,8,17H,6-7H2,1H3. The monoisotopic (exact) mass is 308 g/mol. The maximum atomic E-state index is 4.56. The van der Waals surface area contributed by atoms with Gasteiger partial charge in [-0.15, -0.1) is 0 Å². The summed E-state index contributed by atoms with van der Waals surface area (Å²) in [6.07, 6.45) is 0.794. The van der Waals surface area contributed by atoms with Crippen LogP contribution in [0.5, 0.6) is 0 Å². The highest BCUT2D eigenvalue weighted by Crippen LogP contribution is 2.26. The number of rotatable bonds is 3. The van der Waals surface area contributed by atoms with E-state index < -0.39 is 0 Å². The van der Waals surface area contributed by atoms with Gasteiger partial charge in [0.2, 0.25) is 0 Å². The Balaban J connectivity index is 2.48. The van der Waals surface area contributed by atoms with Crippen molar-refractivity contribution in [3.63, 3.8) is 0 Å². The zero-order valence-corrected chi connectivity index (χ0v) is 12.0. The summed E-state index contributed by atoms with van der Waals surface area (Å²) in [4.78, 5) is 8.97. The van der Waals surface area contributed by atoms with E-state index >= 15 is 0 Å². The Labute approximate surface area is 115 Å². The number of benzene rings is 1. The quantitative estimate of drug-likeness (QED) is 0.875. The molecule has 2 nitrogen and oxygen atoms in total. The molecule has 0 bridgehead atoms. The van der Waals surface area contributed by atoms with Gasteiger partial charge in [0.1, 0.15) is 5.82 Å². The highest BCUT2D eigenvalue weighted by Gasteiger charge is 2.06. The van der Waals surface area contributed by atoms with E-state index in [1.807, 2.05) is 31.2 Å².